The van der Waals surface area contributed by atoms with Crippen molar-refractivity contribution < 1.29 is 19.4 Å². The average Bonchev–Trinajstić information content (AvgIpc) is 2.48. The Bertz CT molecular complexity index is 500. The van der Waals surface area contributed by atoms with Gasteiger partial charge in [0.1, 0.15) is 0 Å². The molecule has 0 radical (unpaired) electrons. The Balaban J connectivity index is 1.93. The maximum absolute atomic E-state index is 11.9. The number of hydroxylamine groups is 1. The van der Waals surface area contributed by atoms with E-state index in [4.69, 9.17) is 4.74 Å². The maximum Gasteiger partial charge on any atom is 0.302 e. The minimum atomic E-state index is -0.659. The van der Waals surface area contributed by atoms with E-state index in [-0.39, 0.29) is 17.9 Å². The van der Waals surface area contributed by atoms with E-state index < -0.39 is 6.10 Å². The SMILES string of the molecule is CC(=O)OC[C@@H]1CC=[N+]([O-])[C@@H](C[C@H](O)c2ccccc2)C1. The molecule has 5 nitrogen and oxygen atoms in total. The van der Waals surface area contributed by atoms with Crippen LogP contribution in [0.4, 0.5) is 0 Å². The molecule has 0 unspecified atom stereocenters. The van der Waals surface area contributed by atoms with Crippen LogP contribution >= 0.6 is 0 Å². The first-order valence-corrected chi connectivity index (χ1v) is 7.21. The molecule has 1 aliphatic heterocycles. The van der Waals surface area contributed by atoms with Gasteiger partial charge in [0.15, 0.2) is 12.3 Å². The molecule has 1 aliphatic rings. The quantitative estimate of drug-likeness (QED) is 0.512. The molecule has 0 amide bonds. The van der Waals surface area contributed by atoms with Crippen LogP contribution < -0.4 is 0 Å². The molecule has 0 saturated carbocycles. The van der Waals surface area contributed by atoms with Crippen molar-refractivity contribution in [3.05, 3.63) is 41.1 Å². The molecule has 1 N–H and O–H groups in total. The summed E-state index contributed by atoms with van der Waals surface area (Å²) in [6.07, 6.45) is 2.53. The van der Waals surface area contributed by atoms with E-state index >= 15 is 0 Å². The Morgan fingerprint density at radius 1 is 1.48 bits per heavy atom. The maximum atomic E-state index is 11.9. The third-order valence-corrected chi connectivity index (χ3v) is 3.79. The normalized spacial score (nSPS) is 23.2. The summed E-state index contributed by atoms with van der Waals surface area (Å²) in [5.74, 6) is -0.160. The van der Waals surface area contributed by atoms with Crippen molar-refractivity contribution in [1.29, 1.82) is 0 Å². The number of ether oxygens (including phenoxy) is 1. The Labute approximate surface area is 124 Å². The minimum absolute atomic E-state index is 0.145. The van der Waals surface area contributed by atoms with Gasteiger partial charge in [-0.15, -0.1) is 0 Å². The van der Waals surface area contributed by atoms with Crippen LogP contribution in [0.2, 0.25) is 0 Å². The minimum Gasteiger partial charge on any atom is -0.624 e. The zero-order valence-corrected chi connectivity index (χ0v) is 12.1. The highest BCUT2D eigenvalue weighted by Crippen LogP contribution is 2.26. The number of aliphatic hydroxyl groups excluding tert-OH is 1. The number of aliphatic hydroxyl groups is 1. The van der Waals surface area contributed by atoms with Crippen molar-refractivity contribution in [3.8, 4) is 0 Å². The van der Waals surface area contributed by atoms with Crippen LogP contribution in [0.25, 0.3) is 0 Å². The van der Waals surface area contributed by atoms with Crippen LogP contribution in [0, 0.1) is 11.1 Å². The third-order valence-electron chi connectivity index (χ3n) is 3.79. The Morgan fingerprint density at radius 3 is 2.86 bits per heavy atom. The second kappa shape index (κ2) is 7.22. The first kappa shape index (κ1) is 15.5. The highest BCUT2D eigenvalue weighted by Gasteiger charge is 2.30. The molecule has 0 aliphatic carbocycles. The highest BCUT2D eigenvalue weighted by atomic mass is 16.5. The molecular weight excluding hydrogens is 270 g/mol. The van der Waals surface area contributed by atoms with Gasteiger partial charge in [-0.3, -0.25) is 4.79 Å². The summed E-state index contributed by atoms with van der Waals surface area (Å²) in [4.78, 5) is 10.9. The van der Waals surface area contributed by atoms with Gasteiger partial charge < -0.3 is 15.1 Å². The number of hydrogen-bond donors (Lipinski definition) is 1. The summed E-state index contributed by atoms with van der Waals surface area (Å²) < 4.78 is 5.94. The van der Waals surface area contributed by atoms with Gasteiger partial charge in [0.25, 0.3) is 0 Å². The largest absolute Gasteiger partial charge is 0.624 e. The molecule has 1 aromatic carbocycles. The Hall–Kier alpha value is -1.88. The number of nitrogens with zero attached hydrogens (tertiary/aromatic N) is 1. The molecule has 5 heteroatoms. The molecule has 114 valence electrons. The fourth-order valence-electron chi connectivity index (χ4n) is 2.63. The van der Waals surface area contributed by atoms with Crippen LogP contribution in [0.3, 0.4) is 0 Å². The number of rotatable bonds is 5. The molecule has 1 heterocycles. The molecule has 21 heavy (non-hydrogen) atoms. The van der Waals surface area contributed by atoms with Crippen LogP contribution in [0.15, 0.2) is 30.3 Å². The van der Waals surface area contributed by atoms with E-state index in [1.807, 2.05) is 30.3 Å². The van der Waals surface area contributed by atoms with Gasteiger partial charge in [-0.1, -0.05) is 30.3 Å². The fraction of sp³-hybridized carbons (Fsp3) is 0.500. The number of esters is 1. The summed E-state index contributed by atoms with van der Waals surface area (Å²) in [6.45, 7) is 1.71. The zero-order chi connectivity index (χ0) is 15.2. The monoisotopic (exact) mass is 291 g/mol. The standard InChI is InChI=1S/C16H21NO4/c1-12(18)21-11-13-7-8-17(20)15(9-13)10-16(19)14-5-3-2-4-6-14/h2-6,8,13,15-16,19H,7,9-11H2,1H3/t13-,15-,16+/m1/s1. The molecule has 0 bridgehead atoms. The molecular formula is C16H21NO4. The molecule has 0 spiro atoms. The molecule has 0 aromatic heterocycles. The Kier molecular flexibility index (Phi) is 5.33. The number of carbonyl (C=O) groups excluding carboxylic acids is 1. The molecule has 1 aromatic rings. The van der Waals surface area contributed by atoms with Crippen LogP contribution in [-0.2, 0) is 9.53 Å². The third kappa shape index (κ3) is 4.56. The van der Waals surface area contributed by atoms with Gasteiger partial charge in [0, 0.05) is 32.1 Å². The van der Waals surface area contributed by atoms with Crippen molar-refractivity contribution in [1.82, 2.24) is 0 Å². The molecule has 3 atom stereocenters. The van der Waals surface area contributed by atoms with Gasteiger partial charge in [-0.05, 0) is 5.56 Å². The van der Waals surface area contributed by atoms with E-state index in [0.29, 0.717) is 25.9 Å². The second-order valence-electron chi connectivity index (χ2n) is 5.50. The lowest BCUT2D eigenvalue weighted by molar-refractivity contribution is -0.509. The van der Waals surface area contributed by atoms with Crippen molar-refractivity contribution in [2.24, 2.45) is 5.92 Å². The summed E-state index contributed by atoms with van der Waals surface area (Å²) >= 11 is 0. The lowest BCUT2D eigenvalue weighted by Crippen LogP contribution is -2.34. The lowest BCUT2D eigenvalue weighted by Gasteiger charge is -2.27. The lowest BCUT2D eigenvalue weighted by atomic mass is 9.90. The van der Waals surface area contributed by atoms with Crippen LogP contribution in [0.5, 0.6) is 0 Å². The summed E-state index contributed by atoms with van der Waals surface area (Å²) in [5, 5.41) is 22.1. The van der Waals surface area contributed by atoms with E-state index in [2.05, 4.69) is 0 Å². The number of benzene rings is 1. The first-order valence-electron chi connectivity index (χ1n) is 7.21. The van der Waals surface area contributed by atoms with Crippen molar-refractivity contribution in [2.45, 2.75) is 38.3 Å². The zero-order valence-electron chi connectivity index (χ0n) is 12.1. The Morgan fingerprint density at radius 2 is 2.19 bits per heavy atom. The average molecular weight is 291 g/mol. The van der Waals surface area contributed by atoms with Crippen molar-refractivity contribution in [2.75, 3.05) is 6.61 Å². The van der Waals surface area contributed by atoms with Gasteiger partial charge in [-0.25, -0.2) is 4.74 Å². The number of carbonyl (C=O) groups is 1. The second-order valence-corrected chi connectivity index (χ2v) is 5.50. The topological polar surface area (TPSA) is 72.6 Å². The molecule has 2 rings (SSSR count). The van der Waals surface area contributed by atoms with Crippen molar-refractivity contribution >= 4 is 12.2 Å². The molecule has 0 saturated heterocycles. The predicted octanol–water partition coefficient (Wildman–Crippen LogP) is 2.03. The van der Waals surface area contributed by atoms with Crippen LogP contribution in [0.1, 0.15) is 37.9 Å². The van der Waals surface area contributed by atoms with Gasteiger partial charge >= 0.3 is 5.97 Å². The van der Waals surface area contributed by atoms with E-state index in [1.54, 1.807) is 6.21 Å². The van der Waals surface area contributed by atoms with Gasteiger partial charge in [0.05, 0.1) is 12.7 Å². The summed E-state index contributed by atoms with van der Waals surface area (Å²) in [5.41, 5.74) is 0.813. The smallest absolute Gasteiger partial charge is 0.302 e. The summed E-state index contributed by atoms with van der Waals surface area (Å²) in [7, 11) is 0. The van der Waals surface area contributed by atoms with Crippen LogP contribution in [-0.4, -0.2) is 34.7 Å². The number of hydrogen-bond acceptors (Lipinski definition) is 4. The van der Waals surface area contributed by atoms with Gasteiger partial charge in [-0.2, -0.15) is 0 Å². The van der Waals surface area contributed by atoms with E-state index in [9.17, 15) is 15.1 Å². The van der Waals surface area contributed by atoms with Gasteiger partial charge in [0.2, 0.25) is 0 Å². The first-order chi connectivity index (χ1) is 10.1. The van der Waals surface area contributed by atoms with E-state index in [0.717, 1.165) is 10.3 Å². The van der Waals surface area contributed by atoms with Crippen molar-refractivity contribution in [3.63, 3.8) is 0 Å². The fourth-order valence-corrected chi connectivity index (χ4v) is 2.63. The highest BCUT2D eigenvalue weighted by molar-refractivity contribution is 5.65. The van der Waals surface area contributed by atoms with E-state index in [1.165, 1.54) is 6.92 Å². The summed E-state index contributed by atoms with van der Waals surface area (Å²) in [6, 6.07) is 9.04. The molecule has 0 fully saturated rings. The predicted molar refractivity (Wildman–Crippen MR) is 78.9 cm³/mol.